The second-order valence-electron chi connectivity index (χ2n) is 6.85. The van der Waals surface area contributed by atoms with Crippen molar-refractivity contribution in [1.82, 2.24) is 24.8 Å². The zero-order valence-corrected chi connectivity index (χ0v) is 14.6. The zero-order chi connectivity index (χ0) is 17.7. The molecule has 1 fully saturated rings. The molecule has 1 aliphatic heterocycles. The summed E-state index contributed by atoms with van der Waals surface area (Å²) in [6, 6.07) is 10.7. The fourth-order valence-corrected chi connectivity index (χ4v) is 4.14. The Kier molecular flexibility index (Phi) is 3.39. The van der Waals surface area contributed by atoms with E-state index in [0.717, 1.165) is 58.3 Å². The summed E-state index contributed by atoms with van der Waals surface area (Å²) in [4.78, 5) is 13.5. The van der Waals surface area contributed by atoms with E-state index in [0.29, 0.717) is 11.9 Å². The van der Waals surface area contributed by atoms with Gasteiger partial charge in [0.1, 0.15) is 17.8 Å². The number of hydrogen-bond donors (Lipinski definition) is 2. The van der Waals surface area contributed by atoms with Crippen LogP contribution in [0.1, 0.15) is 18.2 Å². The predicted molar refractivity (Wildman–Crippen MR) is 104 cm³/mol. The van der Waals surface area contributed by atoms with E-state index >= 15 is 0 Å². The van der Waals surface area contributed by atoms with E-state index < -0.39 is 0 Å². The fraction of sp³-hybridized carbons (Fsp3) is 0.250. The number of nitrogens with zero attached hydrogens (tertiary/aromatic N) is 4. The number of para-hydroxylation sites is 1. The molecule has 0 amide bonds. The number of nitrogens with one attached hydrogen (secondary N) is 1. The average Bonchev–Trinajstić information content (AvgIpc) is 3.27. The molecular weight excluding hydrogens is 324 g/mol. The monoisotopic (exact) mass is 344 g/mol. The molecule has 6 heteroatoms. The van der Waals surface area contributed by atoms with Crippen molar-refractivity contribution in [3.63, 3.8) is 0 Å². The van der Waals surface area contributed by atoms with Gasteiger partial charge in [-0.25, -0.2) is 9.97 Å². The molecule has 0 bridgehead atoms. The van der Waals surface area contributed by atoms with Gasteiger partial charge in [-0.05, 0) is 32.0 Å². The zero-order valence-electron chi connectivity index (χ0n) is 14.6. The fourth-order valence-electron chi connectivity index (χ4n) is 4.14. The van der Waals surface area contributed by atoms with Crippen LogP contribution in [0.5, 0.6) is 0 Å². The molecule has 26 heavy (non-hydrogen) atoms. The van der Waals surface area contributed by atoms with Crippen molar-refractivity contribution in [2.45, 2.75) is 19.4 Å². The molecule has 1 atom stereocenters. The van der Waals surface area contributed by atoms with Crippen LogP contribution >= 0.6 is 0 Å². The van der Waals surface area contributed by atoms with Gasteiger partial charge in [0.05, 0.1) is 10.9 Å². The van der Waals surface area contributed by atoms with E-state index in [1.165, 1.54) is 0 Å². The largest absolute Gasteiger partial charge is 0.383 e. The van der Waals surface area contributed by atoms with E-state index in [-0.39, 0.29) is 0 Å². The highest BCUT2D eigenvalue weighted by molar-refractivity contribution is 6.03. The standard InChI is InChI=1S/C20H20N6/c1-12-17(14-8-13-4-2-3-5-16(13)23-9-14)18-19(21)24-11-25-20(18)26(12)15-6-7-22-10-15/h2-5,8-9,11,15,22H,6-7,10H2,1H3,(H2,21,24,25)/t15-/m1/s1. The van der Waals surface area contributed by atoms with Crippen LogP contribution in [0.15, 0.2) is 42.9 Å². The van der Waals surface area contributed by atoms with Gasteiger partial charge < -0.3 is 15.6 Å². The van der Waals surface area contributed by atoms with Crippen molar-refractivity contribution in [2.75, 3.05) is 18.8 Å². The van der Waals surface area contributed by atoms with Crippen LogP contribution in [0.25, 0.3) is 33.1 Å². The minimum atomic E-state index is 0.383. The Bertz CT molecular complexity index is 1120. The maximum atomic E-state index is 6.29. The van der Waals surface area contributed by atoms with Gasteiger partial charge in [0, 0.05) is 41.0 Å². The lowest BCUT2D eigenvalue weighted by molar-refractivity contribution is 0.550. The molecular formula is C20H20N6. The molecule has 4 aromatic rings. The lowest BCUT2D eigenvalue weighted by Crippen LogP contribution is -2.14. The first-order valence-corrected chi connectivity index (χ1v) is 8.91. The second-order valence-corrected chi connectivity index (χ2v) is 6.85. The molecule has 1 aliphatic rings. The van der Waals surface area contributed by atoms with Crippen molar-refractivity contribution >= 4 is 27.8 Å². The third kappa shape index (κ3) is 2.19. The van der Waals surface area contributed by atoms with Crippen molar-refractivity contribution in [2.24, 2.45) is 0 Å². The number of nitrogens with two attached hydrogens (primary N) is 1. The van der Waals surface area contributed by atoms with Gasteiger partial charge in [-0.3, -0.25) is 4.98 Å². The summed E-state index contributed by atoms with van der Waals surface area (Å²) in [6.45, 7) is 4.12. The van der Waals surface area contributed by atoms with Crippen LogP contribution in [0.4, 0.5) is 5.82 Å². The van der Waals surface area contributed by atoms with Gasteiger partial charge in [-0.15, -0.1) is 0 Å². The molecule has 130 valence electrons. The number of pyridine rings is 1. The second kappa shape index (κ2) is 5.78. The molecule has 3 aromatic heterocycles. The Labute approximate surface area is 151 Å². The van der Waals surface area contributed by atoms with Gasteiger partial charge in [0.2, 0.25) is 0 Å². The van der Waals surface area contributed by atoms with Crippen molar-refractivity contribution < 1.29 is 0 Å². The normalized spacial score (nSPS) is 17.3. The summed E-state index contributed by atoms with van der Waals surface area (Å²) < 4.78 is 2.32. The minimum absolute atomic E-state index is 0.383. The number of aromatic nitrogens is 4. The van der Waals surface area contributed by atoms with E-state index in [2.05, 4.69) is 43.9 Å². The Morgan fingerprint density at radius 2 is 2.08 bits per heavy atom. The maximum Gasteiger partial charge on any atom is 0.146 e. The quantitative estimate of drug-likeness (QED) is 0.584. The minimum Gasteiger partial charge on any atom is -0.383 e. The van der Waals surface area contributed by atoms with Crippen molar-refractivity contribution in [3.05, 3.63) is 48.5 Å². The lowest BCUT2D eigenvalue weighted by atomic mass is 10.0. The van der Waals surface area contributed by atoms with E-state index in [4.69, 9.17) is 5.73 Å². The Hall–Kier alpha value is -2.99. The number of benzene rings is 1. The van der Waals surface area contributed by atoms with E-state index in [1.807, 2.05) is 24.4 Å². The van der Waals surface area contributed by atoms with Crippen molar-refractivity contribution in [1.29, 1.82) is 0 Å². The van der Waals surface area contributed by atoms with E-state index in [1.54, 1.807) is 6.33 Å². The molecule has 5 rings (SSSR count). The number of anilines is 1. The SMILES string of the molecule is Cc1c(-c2cnc3ccccc3c2)c2c(N)ncnc2n1[C@@H]1CCNC1. The molecule has 1 aromatic carbocycles. The summed E-state index contributed by atoms with van der Waals surface area (Å²) in [5.74, 6) is 0.519. The number of nitrogen functional groups attached to an aromatic ring is 1. The third-order valence-electron chi connectivity index (χ3n) is 5.34. The highest BCUT2D eigenvalue weighted by atomic mass is 15.1. The van der Waals surface area contributed by atoms with Crippen LogP contribution in [0.2, 0.25) is 0 Å². The number of hydrogen-bond acceptors (Lipinski definition) is 5. The van der Waals surface area contributed by atoms with Crippen LogP contribution < -0.4 is 11.1 Å². The number of fused-ring (bicyclic) bond motifs is 2. The molecule has 0 spiro atoms. The molecule has 1 saturated heterocycles. The Balaban J connectivity index is 1.82. The summed E-state index contributed by atoms with van der Waals surface area (Å²) in [5, 5.41) is 5.48. The van der Waals surface area contributed by atoms with Gasteiger partial charge in [-0.2, -0.15) is 0 Å². The van der Waals surface area contributed by atoms with Crippen LogP contribution in [-0.4, -0.2) is 32.6 Å². The highest BCUT2D eigenvalue weighted by Gasteiger charge is 2.26. The van der Waals surface area contributed by atoms with Crippen LogP contribution in [0.3, 0.4) is 0 Å². The third-order valence-corrected chi connectivity index (χ3v) is 5.34. The van der Waals surface area contributed by atoms with E-state index in [9.17, 15) is 0 Å². The molecule has 0 unspecified atom stereocenters. The number of rotatable bonds is 2. The van der Waals surface area contributed by atoms with Gasteiger partial charge in [0.25, 0.3) is 0 Å². The predicted octanol–water partition coefficient (Wildman–Crippen LogP) is 3.07. The Morgan fingerprint density at radius 3 is 2.92 bits per heavy atom. The summed E-state index contributed by atoms with van der Waals surface area (Å²) >= 11 is 0. The van der Waals surface area contributed by atoms with Crippen molar-refractivity contribution in [3.8, 4) is 11.1 Å². The summed E-state index contributed by atoms with van der Waals surface area (Å²) in [5.41, 5.74) is 11.5. The smallest absolute Gasteiger partial charge is 0.146 e. The molecule has 0 aliphatic carbocycles. The van der Waals surface area contributed by atoms with Crippen LogP contribution in [0, 0.1) is 6.92 Å². The van der Waals surface area contributed by atoms with Gasteiger partial charge in [0.15, 0.2) is 0 Å². The van der Waals surface area contributed by atoms with Gasteiger partial charge in [-0.1, -0.05) is 18.2 Å². The summed E-state index contributed by atoms with van der Waals surface area (Å²) in [6.07, 6.45) is 4.57. The molecule has 0 saturated carbocycles. The molecule has 4 heterocycles. The Morgan fingerprint density at radius 1 is 1.19 bits per heavy atom. The lowest BCUT2D eigenvalue weighted by Gasteiger charge is -2.15. The van der Waals surface area contributed by atoms with Crippen LogP contribution in [-0.2, 0) is 0 Å². The first-order chi connectivity index (χ1) is 12.7. The maximum absolute atomic E-state index is 6.29. The highest BCUT2D eigenvalue weighted by Crippen LogP contribution is 2.39. The first-order valence-electron chi connectivity index (χ1n) is 8.91. The molecule has 6 nitrogen and oxygen atoms in total. The average molecular weight is 344 g/mol. The van der Waals surface area contributed by atoms with Gasteiger partial charge >= 0.3 is 0 Å². The summed E-state index contributed by atoms with van der Waals surface area (Å²) in [7, 11) is 0. The topological polar surface area (TPSA) is 81.7 Å². The molecule has 3 N–H and O–H groups in total. The first kappa shape index (κ1) is 15.3. The molecule has 0 radical (unpaired) electrons.